The molecule has 0 aliphatic rings. The van der Waals surface area contributed by atoms with Crippen LogP contribution in [0.5, 0.6) is 5.75 Å². The molecule has 2 heterocycles. The van der Waals surface area contributed by atoms with Crippen LogP contribution in [-0.4, -0.2) is 29.4 Å². The topological polar surface area (TPSA) is 79.4 Å². The van der Waals surface area contributed by atoms with Crippen molar-refractivity contribution in [3.05, 3.63) is 59.1 Å². The molecular formula is C16H14N4O2S. The number of hydrogen-bond donors (Lipinski definition) is 2. The quantitative estimate of drug-likeness (QED) is 0.559. The van der Waals surface area contributed by atoms with E-state index in [1.807, 2.05) is 41.8 Å². The molecule has 0 atom stereocenters. The molecule has 2 aromatic heterocycles. The van der Waals surface area contributed by atoms with Crippen molar-refractivity contribution in [2.24, 2.45) is 5.10 Å². The molecule has 0 saturated heterocycles. The van der Waals surface area contributed by atoms with E-state index in [0.717, 1.165) is 21.9 Å². The van der Waals surface area contributed by atoms with Gasteiger partial charge in [0.05, 0.1) is 23.9 Å². The third-order valence-corrected chi connectivity index (χ3v) is 4.00. The molecule has 1 aromatic carbocycles. The minimum atomic E-state index is -0.367. The number of carbonyl (C=O) groups is 1. The number of nitrogens with one attached hydrogen (secondary N) is 2. The summed E-state index contributed by atoms with van der Waals surface area (Å²) in [5.41, 5.74) is 4.41. The monoisotopic (exact) mass is 326 g/mol. The molecule has 0 radical (unpaired) electrons. The summed E-state index contributed by atoms with van der Waals surface area (Å²) in [5.74, 6) is 0.401. The summed E-state index contributed by atoms with van der Waals surface area (Å²) in [6.07, 6.45) is 1.56. The Morgan fingerprint density at radius 2 is 2.17 bits per heavy atom. The molecule has 116 valence electrons. The Bertz CT molecular complexity index is 807. The number of hydrogen-bond acceptors (Lipinski definition) is 5. The molecule has 0 aliphatic carbocycles. The molecule has 2 N–H and O–H groups in total. The fourth-order valence-corrected chi connectivity index (χ4v) is 2.60. The van der Waals surface area contributed by atoms with Crippen LogP contribution >= 0.6 is 11.3 Å². The predicted octanol–water partition coefficient (Wildman–Crippen LogP) is 2.91. The largest absolute Gasteiger partial charge is 0.497 e. The van der Waals surface area contributed by atoms with E-state index in [1.54, 1.807) is 30.7 Å². The molecule has 7 heteroatoms. The van der Waals surface area contributed by atoms with Crippen LogP contribution in [-0.2, 0) is 0 Å². The van der Waals surface area contributed by atoms with E-state index in [0.29, 0.717) is 5.69 Å². The van der Waals surface area contributed by atoms with Crippen LogP contribution in [0.2, 0.25) is 0 Å². The standard InChI is InChI=1S/C16H14N4O2S/c1-22-12-6-4-11(5-7-12)10-17-20-16(21)14-9-13(18-19-14)15-3-2-8-23-15/h2-10H,1H3,(H,18,19)(H,20,21)/b17-10-. The maximum absolute atomic E-state index is 12.0. The highest BCUT2D eigenvalue weighted by molar-refractivity contribution is 7.13. The maximum Gasteiger partial charge on any atom is 0.291 e. The van der Waals surface area contributed by atoms with Crippen molar-refractivity contribution in [3.8, 4) is 16.3 Å². The van der Waals surface area contributed by atoms with Crippen molar-refractivity contribution in [2.75, 3.05) is 7.11 Å². The van der Waals surface area contributed by atoms with Crippen LogP contribution in [0.1, 0.15) is 16.1 Å². The van der Waals surface area contributed by atoms with Crippen LogP contribution in [0.4, 0.5) is 0 Å². The van der Waals surface area contributed by atoms with Crippen molar-refractivity contribution < 1.29 is 9.53 Å². The minimum Gasteiger partial charge on any atom is -0.497 e. The Morgan fingerprint density at radius 3 is 2.87 bits per heavy atom. The highest BCUT2D eigenvalue weighted by Crippen LogP contribution is 2.22. The van der Waals surface area contributed by atoms with Gasteiger partial charge in [-0.25, -0.2) is 5.43 Å². The van der Waals surface area contributed by atoms with E-state index in [2.05, 4.69) is 20.7 Å². The van der Waals surface area contributed by atoms with Gasteiger partial charge in [0.1, 0.15) is 5.75 Å². The minimum absolute atomic E-state index is 0.292. The van der Waals surface area contributed by atoms with Crippen LogP contribution in [0, 0.1) is 0 Å². The van der Waals surface area contributed by atoms with E-state index in [1.165, 1.54) is 0 Å². The van der Waals surface area contributed by atoms with Gasteiger partial charge in [-0.3, -0.25) is 9.89 Å². The zero-order valence-electron chi connectivity index (χ0n) is 12.3. The Hall–Kier alpha value is -2.93. The fraction of sp³-hybridized carbons (Fsp3) is 0.0625. The van der Waals surface area contributed by atoms with Crippen molar-refractivity contribution in [1.82, 2.24) is 15.6 Å². The number of benzene rings is 1. The highest BCUT2D eigenvalue weighted by Gasteiger charge is 2.10. The molecule has 1 amide bonds. The molecule has 3 aromatic rings. The molecule has 0 saturated carbocycles. The van der Waals surface area contributed by atoms with Crippen molar-refractivity contribution in [2.45, 2.75) is 0 Å². The zero-order valence-corrected chi connectivity index (χ0v) is 13.1. The molecule has 0 bridgehead atoms. The molecule has 0 spiro atoms. The van der Waals surface area contributed by atoms with E-state index in [-0.39, 0.29) is 5.91 Å². The Kier molecular flexibility index (Phi) is 4.49. The van der Waals surface area contributed by atoms with Gasteiger partial charge in [0, 0.05) is 0 Å². The smallest absolute Gasteiger partial charge is 0.291 e. The SMILES string of the molecule is COc1ccc(/C=N\NC(=O)c2cc(-c3cccs3)[nH]n2)cc1. The lowest BCUT2D eigenvalue weighted by molar-refractivity contribution is 0.0950. The first kappa shape index (κ1) is 15.0. The first-order valence-electron chi connectivity index (χ1n) is 6.83. The first-order chi connectivity index (χ1) is 11.3. The first-order valence-corrected chi connectivity index (χ1v) is 7.71. The third kappa shape index (κ3) is 3.64. The van der Waals surface area contributed by atoms with Gasteiger partial charge in [0.25, 0.3) is 5.91 Å². The second-order valence-electron chi connectivity index (χ2n) is 4.62. The Balaban J connectivity index is 1.61. The average Bonchev–Trinajstić information content (AvgIpc) is 3.26. The number of amides is 1. The van der Waals surface area contributed by atoms with Crippen molar-refractivity contribution in [1.29, 1.82) is 0 Å². The highest BCUT2D eigenvalue weighted by atomic mass is 32.1. The van der Waals surface area contributed by atoms with Crippen LogP contribution in [0.15, 0.2) is 52.9 Å². The number of ether oxygens (including phenoxy) is 1. The Morgan fingerprint density at radius 1 is 1.35 bits per heavy atom. The number of rotatable bonds is 5. The lowest BCUT2D eigenvalue weighted by Crippen LogP contribution is -2.17. The number of methoxy groups -OCH3 is 1. The van der Waals surface area contributed by atoms with Gasteiger partial charge in [-0.1, -0.05) is 6.07 Å². The van der Waals surface area contributed by atoms with Gasteiger partial charge in [-0.15, -0.1) is 11.3 Å². The molecule has 3 rings (SSSR count). The summed E-state index contributed by atoms with van der Waals surface area (Å²) in [6, 6.07) is 12.9. The molecular weight excluding hydrogens is 312 g/mol. The number of carbonyl (C=O) groups excluding carboxylic acids is 1. The summed E-state index contributed by atoms with van der Waals surface area (Å²) in [6.45, 7) is 0. The lowest BCUT2D eigenvalue weighted by Gasteiger charge is -1.99. The lowest BCUT2D eigenvalue weighted by atomic mass is 10.2. The van der Waals surface area contributed by atoms with E-state index in [4.69, 9.17) is 4.74 Å². The van der Waals surface area contributed by atoms with Gasteiger partial charge in [0.15, 0.2) is 5.69 Å². The third-order valence-electron chi connectivity index (χ3n) is 3.09. The summed E-state index contributed by atoms with van der Waals surface area (Å²) >= 11 is 1.58. The van der Waals surface area contributed by atoms with Gasteiger partial charge in [-0.2, -0.15) is 10.2 Å². The molecule has 0 fully saturated rings. The Labute approximate surface area is 136 Å². The van der Waals surface area contributed by atoms with E-state index in [9.17, 15) is 4.79 Å². The van der Waals surface area contributed by atoms with Crippen molar-refractivity contribution in [3.63, 3.8) is 0 Å². The number of aromatic amines is 1. The second-order valence-corrected chi connectivity index (χ2v) is 5.56. The second kappa shape index (κ2) is 6.89. The molecule has 0 unspecified atom stereocenters. The maximum atomic E-state index is 12.0. The van der Waals surface area contributed by atoms with Crippen molar-refractivity contribution >= 4 is 23.5 Å². The fourth-order valence-electron chi connectivity index (χ4n) is 1.91. The summed E-state index contributed by atoms with van der Waals surface area (Å²) in [7, 11) is 1.61. The van der Waals surface area contributed by atoms with Gasteiger partial charge >= 0.3 is 0 Å². The molecule has 6 nitrogen and oxygen atoms in total. The number of hydrazone groups is 1. The van der Waals surface area contributed by atoms with Gasteiger partial charge in [-0.05, 0) is 47.3 Å². The number of aromatic nitrogens is 2. The number of thiophene rings is 1. The average molecular weight is 326 g/mol. The summed E-state index contributed by atoms with van der Waals surface area (Å²) in [4.78, 5) is 13.0. The predicted molar refractivity (Wildman–Crippen MR) is 90.0 cm³/mol. The molecule has 0 aliphatic heterocycles. The normalized spacial score (nSPS) is 10.8. The van der Waals surface area contributed by atoms with Crippen LogP contribution < -0.4 is 10.2 Å². The van der Waals surface area contributed by atoms with Gasteiger partial charge in [0.2, 0.25) is 0 Å². The van der Waals surface area contributed by atoms with E-state index >= 15 is 0 Å². The van der Waals surface area contributed by atoms with E-state index < -0.39 is 0 Å². The van der Waals surface area contributed by atoms with Crippen LogP contribution in [0.25, 0.3) is 10.6 Å². The van der Waals surface area contributed by atoms with Gasteiger partial charge < -0.3 is 4.74 Å². The zero-order chi connectivity index (χ0) is 16.1. The summed E-state index contributed by atoms with van der Waals surface area (Å²) in [5, 5.41) is 12.7. The molecule has 23 heavy (non-hydrogen) atoms. The van der Waals surface area contributed by atoms with Crippen LogP contribution in [0.3, 0.4) is 0 Å². The number of H-pyrrole nitrogens is 1. The summed E-state index contributed by atoms with van der Waals surface area (Å²) < 4.78 is 5.08. The number of nitrogens with zero attached hydrogens (tertiary/aromatic N) is 2.